The zero-order valence-corrected chi connectivity index (χ0v) is 7.84. The predicted octanol–water partition coefficient (Wildman–Crippen LogP) is 4.13. The average Bonchev–Trinajstić information content (AvgIpc) is 2.06. The maximum Gasteiger partial charge on any atom is -0.0376 e. The highest BCUT2D eigenvalue weighted by atomic mass is 13.6. The summed E-state index contributed by atoms with van der Waals surface area (Å²) in [5.41, 5.74) is 0. The highest BCUT2D eigenvalue weighted by Crippen LogP contribution is 1.76. The zero-order chi connectivity index (χ0) is 9.54. The third-order valence-electron chi connectivity index (χ3n) is 0.508. The van der Waals surface area contributed by atoms with Gasteiger partial charge in [0.05, 0.1) is 0 Å². The SMILES string of the molecule is C=C.C=C/C=C/CC.C=CC. The van der Waals surface area contributed by atoms with Crippen molar-refractivity contribution in [3.8, 4) is 0 Å². The van der Waals surface area contributed by atoms with Gasteiger partial charge < -0.3 is 0 Å². The Morgan fingerprint density at radius 2 is 1.55 bits per heavy atom. The molecule has 0 aliphatic carbocycles. The Morgan fingerprint density at radius 3 is 1.64 bits per heavy atom. The molecular weight excluding hydrogens is 132 g/mol. The molecule has 0 radical (unpaired) electrons. The zero-order valence-electron chi connectivity index (χ0n) is 7.84. The van der Waals surface area contributed by atoms with E-state index in [4.69, 9.17) is 0 Å². The van der Waals surface area contributed by atoms with E-state index in [0.29, 0.717) is 0 Å². The van der Waals surface area contributed by atoms with Crippen molar-refractivity contribution < 1.29 is 0 Å². The van der Waals surface area contributed by atoms with Crippen LogP contribution in [0.5, 0.6) is 0 Å². The first kappa shape index (κ1) is 16.5. The minimum atomic E-state index is 1.10. The first-order valence-corrected chi connectivity index (χ1v) is 3.68. The summed E-state index contributed by atoms with van der Waals surface area (Å²) in [6.07, 6.45) is 8.64. The molecule has 0 N–H and O–H groups in total. The van der Waals surface area contributed by atoms with E-state index in [2.05, 4.69) is 39.3 Å². The van der Waals surface area contributed by atoms with Crippen LogP contribution in [0.1, 0.15) is 20.3 Å². The van der Waals surface area contributed by atoms with Crippen LogP contribution in [0.4, 0.5) is 0 Å². The summed E-state index contributed by atoms with van der Waals surface area (Å²) in [6.45, 7) is 16.9. The van der Waals surface area contributed by atoms with Crippen molar-refractivity contribution in [3.05, 3.63) is 50.6 Å². The molecule has 0 amide bonds. The van der Waals surface area contributed by atoms with Crippen molar-refractivity contribution in [2.75, 3.05) is 0 Å². The third-order valence-corrected chi connectivity index (χ3v) is 0.508. The molecule has 0 heterocycles. The lowest BCUT2D eigenvalue weighted by Crippen LogP contribution is -1.46. The Balaban J connectivity index is -0.000000109. The van der Waals surface area contributed by atoms with Crippen molar-refractivity contribution in [2.24, 2.45) is 0 Å². The fourth-order valence-corrected chi connectivity index (χ4v) is 0.232. The van der Waals surface area contributed by atoms with E-state index in [1.165, 1.54) is 0 Å². The maximum atomic E-state index is 3.51. The normalized spacial score (nSPS) is 6.73. The molecule has 0 fully saturated rings. The molecule has 0 rings (SSSR count). The Kier molecular flexibility index (Phi) is 54.3. The van der Waals surface area contributed by atoms with Crippen LogP contribution in [-0.2, 0) is 0 Å². The second-order valence-electron chi connectivity index (χ2n) is 1.48. The fraction of sp³-hybridized carbons (Fsp3) is 0.273. The lowest BCUT2D eigenvalue weighted by molar-refractivity contribution is 1.22. The van der Waals surface area contributed by atoms with Crippen molar-refractivity contribution in [1.29, 1.82) is 0 Å². The van der Waals surface area contributed by atoms with Crippen LogP contribution in [0.2, 0.25) is 0 Å². The molecule has 0 unspecified atom stereocenters. The standard InChI is InChI=1S/C6H10.C3H6.C2H4/c1-3-5-6-4-2;1-3-2;1-2/h3,5-6H,1,4H2,2H3;3H,1H2,2H3;1-2H2/b6-5+;;. The van der Waals surface area contributed by atoms with Gasteiger partial charge >= 0.3 is 0 Å². The van der Waals surface area contributed by atoms with Gasteiger partial charge in [-0.2, -0.15) is 0 Å². The van der Waals surface area contributed by atoms with Crippen LogP contribution in [0.15, 0.2) is 50.6 Å². The molecule has 0 heteroatoms. The van der Waals surface area contributed by atoms with Gasteiger partial charge in [-0.25, -0.2) is 0 Å². The van der Waals surface area contributed by atoms with Gasteiger partial charge in [0.1, 0.15) is 0 Å². The highest BCUT2D eigenvalue weighted by Gasteiger charge is 1.55. The van der Waals surface area contributed by atoms with Gasteiger partial charge in [0.15, 0.2) is 0 Å². The Bertz CT molecular complexity index is 88.2. The van der Waals surface area contributed by atoms with Crippen LogP contribution < -0.4 is 0 Å². The smallest absolute Gasteiger partial charge is 0.0376 e. The topological polar surface area (TPSA) is 0 Å². The summed E-state index contributed by atoms with van der Waals surface area (Å²) in [5, 5.41) is 0. The number of hydrogen-bond acceptors (Lipinski definition) is 0. The second kappa shape index (κ2) is 36.2. The van der Waals surface area contributed by atoms with E-state index in [1.54, 1.807) is 12.2 Å². The minimum absolute atomic E-state index is 1.10. The molecule has 0 aliphatic rings. The molecule has 0 spiro atoms. The molecule has 11 heavy (non-hydrogen) atoms. The summed E-state index contributed by atoms with van der Waals surface area (Å²) >= 11 is 0. The minimum Gasteiger partial charge on any atom is -0.106 e. The first-order valence-electron chi connectivity index (χ1n) is 3.68. The van der Waals surface area contributed by atoms with Crippen molar-refractivity contribution in [1.82, 2.24) is 0 Å². The van der Waals surface area contributed by atoms with Gasteiger partial charge in [0.25, 0.3) is 0 Å². The van der Waals surface area contributed by atoms with Gasteiger partial charge in [-0.05, 0) is 13.3 Å². The molecule has 0 aromatic rings. The molecule has 0 atom stereocenters. The third kappa shape index (κ3) is 113. The van der Waals surface area contributed by atoms with Gasteiger partial charge in [0, 0.05) is 0 Å². The van der Waals surface area contributed by atoms with E-state index in [9.17, 15) is 0 Å². The maximum absolute atomic E-state index is 3.51. The Morgan fingerprint density at radius 1 is 1.18 bits per heavy atom. The first-order chi connectivity index (χ1) is 5.33. The Labute approximate surface area is 71.6 Å². The molecule has 0 aliphatic heterocycles. The molecule has 0 aromatic carbocycles. The molecule has 0 saturated carbocycles. The van der Waals surface area contributed by atoms with Gasteiger partial charge in [-0.3, -0.25) is 0 Å². The quantitative estimate of drug-likeness (QED) is 0.412. The van der Waals surface area contributed by atoms with E-state index < -0.39 is 0 Å². The highest BCUT2D eigenvalue weighted by molar-refractivity contribution is 4.96. The molecule has 0 bridgehead atoms. The van der Waals surface area contributed by atoms with Crippen LogP contribution in [-0.4, -0.2) is 0 Å². The Hall–Kier alpha value is -1.04. The molecular formula is C11H20. The van der Waals surface area contributed by atoms with E-state index >= 15 is 0 Å². The number of hydrogen-bond donors (Lipinski definition) is 0. The van der Waals surface area contributed by atoms with E-state index in [-0.39, 0.29) is 0 Å². The lowest BCUT2D eigenvalue weighted by atomic mass is 10.4. The molecule has 64 valence electrons. The van der Waals surface area contributed by atoms with Crippen LogP contribution in [0.25, 0.3) is 0 Å². The van der Waals surface area contributed by atoms with Gasteiger partial charge in [-0.1, -0.05) is 37.8 Å². The average molecular weight is 152 g/mol. The van der Waals surface area contributed by atoms with Crippen molar-refractivity contribution >= 4 is 0 Å². The largest absolute Gasteiger partial charge is 0.106 e. The van der Waals surface area contributed by atoms with Gasteiger partial charge in [-0.15, -0.1) is 19.7 Å². The molecule has 0 saturated heterocycles. The summed E-state index contributed by atoms with van der Waals surface area (Å²) in [7, 11) is 0. The number of allylic oxidation sites excluding steroid dienone is 4. The van der Waals surface area contributed by atoms with Gasteiger partial charge in [0.2, 0.25) is 0 Å². The summed E-state index contributed by atoms with van der Waals surface area (Å²) in [5.74, 6) is 0. The molecule has 0 nitrogen and oxygen atoms in total. The van der Waals surface area contributed by atoms with Crippen LogP contribution >= 0.6 is 0 Å². The summed E-state index contributed by atoms with van der Waals surface area (Å²) < 4.78 is 0. The predicted molar refractivity (Wildman–Crippen MR) is 56.8 cm³/mol. The monoisotopic (exact) mass is 152 g/mol. The van der Waals surface area contributed by atoms with Crippen molar-refractivity contribution in [3.63, 3.8) is 0 Å². The van der Waals surface area contributed by atoms with Crippen molar-refractivity contribution in [2.45, 2.75) is 20.3 Å². The molecule has 0 aromatic heterocycles. The van der Waals surface area contributed by atoms with Crippen LogP contribution in [0, 0.1) is 0 Å². The summed E-state index contributed by atoms with van der Waals surface area (Å²) in [6, 6.07) is 0. The van der Waals surface area contributed by atoms with E-state index in [0.717, 1.165) is 6.42 Å². The lowest BCUT2D eigenvalue weighted by Gasteiger charge is -1.67. The second-order valence-corrected chi connectivity index (χ2v) is 1.48. The fourth-order valence-electron chi connectivity index (χ4n) is 0.232. The number of rotatable bonds is 2. The van der Waals surface area contributed by atoms with E-state index in [1.807, 2.05) is 13.0 Å². The summed E-state index contributed by atoms with van der Waals surface area (Å²) in [4.78, 5) is 0. The van der Waals surface area contributed by atoms with Crippen LogP contribution in [0.3, 0.4) is 0 Å².